The molecule has 0 aliphatic carbocycles. The van der Waals surface area contributed by atoms with Gasteiger partial charge in [0, 0.05) is 49.7 Å². The van der Waals surface area contributed by atoms with Gasteiger partial charge in [0.05, 0.1) is 23.1 Å². The molecule has 6 heteroatoms. The number of pyridine rings is 1. The second kappa shape index (κ2) is 7.54. The van der Waals surface area contributed by atoms with Crippen molar-refractivity contribution in [3.05, 3.63) is 35.5 Å². The molecule has 2 aromatic heterocycles. The van der Waals surface area contributed by atoms with Crippen molar-refractivity contribution >= 4 is 22.2 Å². The second-order valence-corrected chi connectivity index (χ2v) is 7.55. The number of hydrogen-bond donors (Lipinski definition) is 0. The highest BCUT2D eigenvalue weighted by molar-refractivity contribution is 7.18. The van der Waals surface area contributed by atoms with E-state index >= 15 is 0 Å². The zero-order chi connectivity index (χ0) is 17.1. The van der Waals surface area contributed by atoms with Crippen molar-refractivity contribution < 1.29 is 9.53 Å². The molecule has 0 unspecified atom stereocenters. The second-order valence-electron chi connectivity index (χ2n) is 6.52. The normalized spacial score (nSPS) is 18.4. The molecule has 132 valence electrons. The molecule has 2 aromatic rings. The van der Waals surface area contributed by atoms with Crippen LogP contribution in [0.2, 0.25) is 0 Å². The molecule has 0 radical (unpaired) electrons. The summed E-state index contributed by atoms with van der Waals surface area (Å²) in [6, 6.07) is 6.07. The van der Waals surface area contributed by atoms with E-state index in [1.807, 2.05) is 17.2 Å². The third-order valence-corrected chi connectivity index (χ3v) is 6.02. The number of carbonyl (C=O) groups is 1. The average Bonchev–Trinajstić information content (AvgIpc) is 3.15. The Morgan fingerprint density at radius 1 is 1.12 bits per heavy atom. The molecule has 0 bridgehead atoms. The van der Waals surface area contributed by atoms with Crippen LogP contribution in [0.4, 0.5) is 5.00 Å². The maximum Gasteiger partial charge on any atom is 0.264 e. The highest BCUT2D eigenvalue weighted by Gasteiger charge is 2.25. The molecule has 5 nitrogen and oxygen atoms in total. The number of nitrogens with zero attached hydrogens (tertiary/aromatic N) is 3. The maximum atomic E-state index is 13.0. The van der Waals surface area contributed by atoms with E-state index in [2.05, 4.69) is 22.0 Å². The van der Waals surface area contributed by atoms with Crippen molar-refractivity contribution in [2.75, 3.05) is 44.3 Å². The van der Waals surface area contributed by atoms with E-state index in [0.717, 1.165) is 73.2 Å². The number of amides is 1. The van der Waals surface area contributed by atoms with Gasteiger partial charge in [0.25, 0.3) is 5.91 Å². The number of anilines is 1. The average molecular weight is 357 g/mol. The molecule has 0 saturated carbocycles. The van der Waals surface area contributed by atoms with E-state index in [1.165, 1.54) is 6.42 Å². The molecule has 4 rings (SSSR count). The topological polar surface area (TPSA) is 45.7 Å². The van der Waals surface area contributed by atoms with E-state index in [9.17, 15) is 4.79 Å². The Morgan fingerprint density at radius 2 is 1.92 bits per heavy atom. The van der Waals surface area contributed by atoms with E-state index < -0.39 is 0 Å². The van der Waals surface area contributed by atoms with E-state index in [1.54, 1.807) is 17.5 Å². The number of piperidine rings is 1. The minimum atomic E-state index is 0.175. The highest BCUT2D eigenvalue weighted by atomic mass is 32.1. The van der Waals surface area contributed by atoms with Crippen LogP contribution in [0.1, 0.15) is 28.9 Å². The first-order valence-corrected chi connectivity index (χ1v) is 9.81. The molecule has 0 atom stereocenters. The van der Waals surface area contributed by atoms with Crippen molar-refractivity contribution in [3.63, 3.8) is 0 Å². The number of morpholine rings is 1. The van der Waals surface area contributed by atoms with Crippen LogP contribution in [0.3, 0.4) is 0 Å². The van der Waals surface area contributed by atoms with E-state index in [4.69, 9.17) is 4.74 Å². The predicted molar refractivity (Wildman–Crippen MR) is 100 cm³/mol. The highest BCUT2D eigenvalue weighted by Crippen LogP contribution is 2.39. The van der Waals surface area contributed by atoms with Gasteiger partial charge in [-0.05, 0) is 31.4 Å². The quantitative estimate of drug-likeness (QED) is 0.846. The van der Waals surface area contributed by atoms with E-state index in [0.29, 0.717) is 0 Å². The fraction of sp³-hybridized carbons (Fsp3) is 0.474. The summed E-state index contributed by atoms with van der Waals surface area (Å²) in [4.78, 5) is 22.4. The summed E-state index contributed by atoms with van der Waals surface area (Å²) in [5.41, 5.74) is 2.18. The minimum absolute atomic E-state index is 0.175. The summed E-state index contributed by atoms with van der Waals surface area (Å²) in [5, 5.41) is 1.16. The molecule has 4 heterocycles. The lowest BCUT2D eigenvalue weighted by molar-refractivity contribution is 0.0729. The Balaban J connectivity index is 1.68. The Labute approximate surface area is 152 Å². The first-order chi connectivity index (χ1) is 12.3. The SMILES string of the molecule is O=C(c1cc(-c2cccnc2)c(N2CCOCC2)s1)N1CCCCC1. The van der Waals surface area contributed by atoms with Crippen LogP contribution in [0.5, 0.6) is 0 Å². The van der Waals surface area contributed by atoms with Crippen LogP contribution in [-0.2, 0) is 4.74 Å². The molecule has 2 fully saturated rings. The van der Waals surface area contributed by atoms with Crippen molar-refractivity contribution in [2.24, 2.45) is 0 Å². The molecule has 0 spiro atoms. The van der Waals surface area contributed by atoms with Gasteiger partial charge >= 0.3 is 0 Å². The standard InChI is InChI=1S/C19H23N3O2S/c23-18(21-7-2-1-3-8-21)17-13-16(15-5-4-6-20-14-15)19(25-17)22-9-11-24-12-10-22/h4-6,13-14H,1-3,7-12H2. The summed E-state index contributed by atoms with van der Waals surface area (Å²) in [7, 11) is 0. The summed E-state index contributed by atoms with van der Waals surface area (Å²) in [5.74, 6) is 0.175. The minimum Gasteiger partial charge on any atom is -0.378 e. The lowest BCUT2D eigenvalue weighted by Crippen LogP contribution is -2.36. The lowest BCUT2D eigenvalue weighted by atomic mass is 10.1. The molecule has 2 aliphatic heterocycles. The molecule has 0 N–H and O–H groups in total. The summed E-state index contributed by atoms with van der Waals surface area (Å²) < 4.78 is 5.49. The number of hydrogen-bond acceptors (Lipinski definition) is 5. The first kappa shape index (κ1) is 16.5. The van der Waals surface area contributed by atoms with Crippen LogP contribution in [0.15, 0.2) is 30.6 Å². The molecule has 2 saturated heterocycles. The lowest BCUT2D eigenvalue weighted by Gasteiger charge is -2.28. The molecular formula is C19H23N3O2S. The number of thiophene rings is 1. The van der Waals surface area contributed by atoms with Crippen LogP contribution in [0.25, 0.3) is 11.1 Å². The van der Waals surface area contributed by atoms with Gasteiger partial charge in [-0.15, -0.1) is 11.3 Å². The van der Waals surface area contributed by atoms with E-state index in [-0.39, 0.29) is 5.91 Å². The van der Waals surface area contributed by atoms with Gasteiger partial charge in [0.1, 0.15) is 0 Å². The van der Waals surface area contributed by atoms with Crippen molar-refractivity contribution in [1.29, 1.82) is 0 Å². The first-order valence-electron chi connectivity index (χ1n) is 8.99. The molecule has 0 aromatic carbocycles. The molecular weight excluding hydrogens is 334 g/mol. The van der Waals surface area contributed by atoms with Crippen LogP contribution in [0, 0.1) is 0 Å². The van der Waals surface area contributed by atoms with Gasteiger partial charge in [0.2, 0.25) is 0 Å². The number of rotatable bonds is 3. The fourth-order valence-corrected chi connectivity index (χ4v) is 4.67. The summed E-state index contributed by atoms with van der Waals surface area (Å²) in [6.07, 6.45) is 7.12. The van der Waals surface area contributed by atoms with Gasteiger partial charge in [-0.25, -0.2) is 0 Å². The zero-order valence-electron chi connectivity index (χ0n) is 14.3. The summed E-state index contributed by atoms with van der Waals surface area (Å²) >= 11 is 1.61. The smallest absolute Gasteiger partial charge is 0.264 e. The number of likely N-dealkylation sites (tertiary alicyclic amines) is 1. The van der Waals surface area contributed by atoms with Crippen LogP contribution < -0.4 is 4.90 Å². The Morgan fingerprint density at radius 3 is 2.64 bits per heavy atom. The van der Waals surface area contributed by atoms with Crippen molar-refractivity contribution in [1.82, 2.24) is 9.88 Å². The zero-order valence-corrected chi connectivity index (χ0v) is 15.1. The third kappa shape index (κ3) is 3.55. The Hall–Kier alpha value is -1.92. The van der Waals surface area contributed by atoms with Gasteiger partial charge in [-0.3, -0.25) is 9.78 Å². The van der Waals surface area contributed by atoms with Crippen LogP contribution in [-0.4, -0.2) is 55.2 Å². The number of ether oxygens (including phenoxy) is 1. The van der Waals surface area contributed by atoms with Crippen LogP contribution >= 0.6 is 11.3 Å². The van der Waals surface area contributed by atoms with Gasteiger partial charge < -0.3 is 14.5 Å². The Bertz CT molecular complexity index is 720. The monoisotopic (exact) mass is 357 g/mol. The largest absolute Gasteiger partial charge is 0.378 e. The molecule has 2 aliphatic rings. The maximum absolute atomic E-state index is 13.0. The molecule has 1 amide bonds. The number of carbonyl (C=O) groups excluding carboxylic acids is 1. The fourth-order valence-electron chi connectivity index (χ4n) is 3.47. The predicted octanol–water partition coefficient (Wildman–Crippen LogP) is 3.27. The summed E-state index contributed by atoms with van der Waals surface area (Å²) in [6.45, 7) is 4.97. The van der Waals surface area contributed by atoms with Gasteiger partial charge in [0.15, 0.2) is 0 Å². The number of aromatic nitrogens is 1. The van der Waals surface area contributed by atoms with Crippen molar-refractivity contribution in [3.8, 4) is 11.1 Å². The molecule has 25 heavy (non-hydrogen) atoms. The third-order valence-electron chi connectivity index (χ3n) is 4.84. The van der Waals surface area contributed by atoms with Crippen molar-refractivity contribution in [2.45, 2.75) is 19.3 Å². The Kier molecular flexibility index (Phi) is 4.99. The van der Waals surface area contributed by atoms with Gasteiger partial charge in [-0.2, -0.15) is 0 Å². The van der Waals surface area contributed by atoms with Gasteiger partial charge in [-0.1, -0.05) is 6.07 Å².